The minimum atomic E-state index is -3.86. The summed E-state index contributed by atoms with van der Waals surface area (Å²) in [7, 11) is -1.86. The van der Waals surface area contributed by atoms with Gasteiger partial charge in [-0.25, -0.2) is 8.42 Å². The summed E-state index contributed by atoms with van der Waals surface area (Å²) in [6.07, 6.45) is 1.50. The first-order valence-electron chi connectivity index (χ1n) is 11.6. The van der Waals surface area contributed by atoms with Crippen molar-refractivity contribution in [2.75, 3.05) is 26.7 Å². The Balaban J connectivity index is 1.99. The van der Waals surface area contributed by atoms with E-state index >= 15 is 0 Å². The number of aromatic nitrogens is 1. The number of likely N-dealkylation sites (N-methyl/N-ethyl adjacent to an activating group) is 1. The van der Waals surface area contributed by atoms with E-state index in [2.05, 4.69) is 21.7 Å². The molecule has 0 unspecified atom stereocenters. The molecule has 0 fully saturated rings. The van der Waals surface area contributed by atoms with Crippen molar-refractivity contribution < 1.29 is 18.3 Å². The molecular weight excluding hydrogens is 450 g/mol. The molecule has 1 aromatic heterocycles. The van der Waals surface area contributed by atoms with Gasteiger partial charge in [0, 0.05) is 49.3 Å². The van der Waals surface area contributed by atoms with Gasteiger partial charge >= 0.3 is 0 Å². The highest BCUT2D eigenvalue weighted by Crippen LogP contribution is 2.34. The van der Waals surface area contributed by atoms with E-state index in [1.54, 1.807) is 31.3 Å². The van der Waals surface area contributed by atoms with E-state index in [0.717, 1.165) is 5.69 Å². The standard InChI is InChI=1S/C26H35N3O4S/c1-19(2)9-10-22-11-12-26-24(14-22)33-25(17-28(5)16-23-8-6-7-13-27-23)20(3)15-29(21(4)18-30)34(26,31)32/h6-8,11-14,19-21,25,30H,15-18H2,1-5H3/t20-,21+,25-/m0/s1. The molecule has 34 heavy (non-hydrogen) atoms. The maximum atomic E-state index is 13.6. The van der Waals surface area contributed by atoms with Gasteiger partial charge in [0.2, 0.25) is 10.0 Å². The molecule has 3 rings (SSSR count). The fourth-order valence-corrected chi connectivity index (χ4v) is 5.71. The molecule has 0 spiro atoms. The predicted octanol–water partition coefficient (Wildman–Crippen LogP) is 2.99. The lowest BCUT2D eigenvalue weighted by Crippen LogP contribution is -2.49. The van der Waals surface area contributed by atoms with Crippen LogP contribution in [0, 0.1) is 23.7 Å². The van der Waals surface area contributed by atoms with Crippen LogP contribution in [0.5, 0.6) is 5.75 Å². The monoisotopic (exact) mass is 485 g/mol. The van der Waals surface area contributed by atoms with Crippen LogP contribution in [0.2, 0.25) is 0 Å². The molecule has 1 N–H and O–H groups in total. The fourth-order valence-electron chi connectivity index (χ4n) is 3.89. The first-order chi connectivity index (χ1) is 16.1. The topological polar surface area (TPSA) is 83.0 Å². The predicted molar refractivity (Wildman–Crippen MR) is 133 cm³/mol. The van der Waals surface area contributed by atoms with E-state index in [1.165, 1.54) is 4.31 Å². The van der Waals surface area contributed by atoms with E-state index in [0.29, 0.717) is 24.4 Å². The molecule has 7 nitrogen and oxygen atoms in total. The van der Waals surface area contributed by atoms with Crippen molar-refractivity contribution in [2.24, 2.45) is 11.8 Å². The number of sulfonamides is 1. The van der Waals surface area contributed by atoms with Gasteiger partial charge in [0.1, 0.15) is 16.7 Å². The van der Waals surface area contributed by atoms with Gasteiger partial charge in [-0.15, -0.1) is 0 Å². The summed E-state index contributed by atoms with van der Waals surface area (Å²) in [6.45, 7) is 8.94. The molecule has 1 aliphatic heterocycles. The maximum Gasteiger partial charge on any atom is 0.247 e. The van der Waals surface area contributed by atoms with E-state index < -0.39 is 16.1 Å². The van der Waals surface area contributed by atoms with Crippen LogP contribution >= 0.6 is 0 Å². The second kappa shape index (κ2) is 11.3. The molecular formula is C26H35N3O4S. The molecule has 0 aliphatic carbocycles. The second-order valence-electron chi connectivity index (χ2n) is 9.34. The smallest absolute Gasteiger partial charge is 0.247 e. The maximum absolute atomic E-state index is 13.6. The molecule has 0 saturated heterocycles. The van der Waals surface area contributed by atoms with Crippen LogP contribution in [0.15, 0.2) is 47.5 Å². The SMILES string of the molecule is CC(C)C#Cc1ccc2c(c1)O[C@@H](CN(C)Cc1ccccn1)[C@@H](C)CN([C@H](C)CO)S2(=O)=O. The van der Waals surface area contributed by atoms with Gasteiger partial charge in [-0.1, -0.05) is 38.7 Å². The summed E-state index contributed by atoms with van der Waals surface area (Å²) in [5.74, 6) is 6.60. The van der Waals surface area contributed by atoms with E-state index in [9.17, 15) is 13.5 Å². The quantitative estimate of drug-likeness (QED) is 0.634. The number of fused-ring (bicyclic) bond motifs is 1. The van der Waals surface area contributed by atoms with E-state index in [1.807, 2.05) is 46.0 Å². The minimum Gasteiger partial charge on any atom is -0.487 e. The molecule has 1 aromatic carbocycles. The first kappa shape index (κ1) is 26.2. The van der Waals surface area contributed by atoms with Crippen LogP contribution in [0.4, 0.5) is 0 Å². The summed E-state index contributed by atoms with van der Waals surface area (Å²) in [4.78, 5) is 6.63. The summed E-state index contributed by atoms with van der Waals surface area (Å²) < 4.78 is 34.9. The van der Waals surface area contributed by atoms with Crippen LogP contribution in [0.25, 0.3) is 0 Å². The van der Waals surface area contributed by atoms with Gasteiger partial charge in [-0.2, -0.15) is 4.31 Å². The van der Waals surface area contributed by atoms with Gasteiger partial charge in [-0.05, 0) is 44.3 Å². The van der Waals surface area contributed by atoms with Crippen molar-refractivity contribution in [3.05, 3.63) is 53.9 Å². The number of pyridine rings is 1. The average molecular weight is 486 g/mol. The lowest BCUT2D eigenvalue weighted by atomic mass is 10.0. The third kappa shape index (κ3) is 6.36. The summed E-state index contributed by atoms with van der Waals surface area (Å²) in [6, 6.07) is 10.3. The van der Waals surface area contributed by atoms with Gasteiger partial charge in [0.05, 0.1) is 12.3 Å². The Bertz CT molecular complexity index is 1130. The average Bonchev–Trinajstić information content (AvgIpc) is 2.80. The van der Waals surface area contributed by atoms with Crippen LogP contribution in [0.3, 0.4) is 0 Å². The molecule has 2 aromatic rings. The lowest BCUT2D eigenvalue weighted by Gasteiger charge is -2.37. The highest BCUT2D eigenvalue weighted by atomic mass is 32.2. The Morgan fingerprint density at radius 3 is 2.68 bits per heavy atom. The summed E-state index contributed by atoms with van der Waals surface area (Å²) >= 11 is 0. The minimum absolute atomic E-state index is 0.104. The van der Waals surface area contributed by atoms with E-state index in [4.69, 9.17) is 4.74 Å². The Kier molecular flexibility index (Phi) is 8.72. The largest absolute Gasteiger partial charge is 0.487 e. The highest BCUT2D eigenvalue weighted by molar-refractivity contribution is 7.89. The number of hydrogen-bond acceptors (Lipinski definition) is 6. The van der Waals surface area contributed by atoms with Gasteiger partial charge in [-0.3, -0.25) is 9.88 Å². The Morgan fingerprint density at radius 2 is 2.03 bits per heavy atom. The molecule has 0 bridgehead atoms. The molecule has 0 saturated carbocycles. The number of benzene rings is 1. The van der Waals surface area contributed by atoms with Gasteiger partial charge < -0.3 is 9.84 Å². The second-order valence-corrected chi connectivity index (χ2v) is 11.2. The fraction of sp³-hybridized carbons (Fsp3) is 0.500. The van der Waals surface area contributed by atoms with E-state index in [-0.39, 0.29) is 36.0 Å². The number of ether oxygens (including phenoxy) is 1. The molecule has 2 heterocycles. The molecule has 3 atom stereocenters. The number of rotatable bonds is 6. The molecule has 0 amide bonds. The third-order valence-electron chi connectivity index (χ3n) is 5.82. The van der Waals surface area contributed by atoms with Crippen molar-refractivity contribution in [1.29, 1.82) is 0 Å². The van der Waals surface area contributed by atoms with Gasteiger partial charge in [0.25, 0.3) is 0 Å². The zero-order valence-corrected chi connectivity index (χ0v) is 21.4. The van der Waals surface area contributed by atoms with Crippen LogP contribution in [-0.2, 0) is 16.6 Å². The zero-order valence-electron chi connectivity index (χ0n) is 20.6. The highest BCUT2D eigenvalue weighted by Gasteiger charge is 2.38. The van der Waals surface area contributed by atoms with Crippen LogP contribution in [-0.4, -0.2) is 66.6 Å². The molecule has 8 heteroatoms. The number of aliphatic hydroxyl groups is 1. The van der Waals surface area contributed by atoms with Crippen molar-refractivity contribution in [1.82, 2.24) is 14.2 Å². The third-order valence-corrected chi connectivity index (χ3v) is 7.84. The van der Waals surface area contributed by atoms with Crippen molar-refractivity contribution in [2.45, 2.75) is 51.3 Å². The number of aliphatic hydroxyl groups excluding tert-OH is 1. The number of nitrogens with zero attached hydrogens (tertiary/aromatic N) is 3. The molecule has 1 aliphatic rings. The van der Waals surface area contributed by atoms with Crippen molar-refractivity contribution >= 4 is 10.0 Å². The Morgan fingerprint density at radius 1 is 1.26 bits per heavy atom. The van der Waals surface area contributed by atoms with Crippen molar-refractivity contribution in [3.8, 4) is 17.6 Å². The molecule has 0 radical (unpaired) electrons. The summed E-state index contributed by atoms with van der Waals surface area (Å²) in [5, 5.41) is 9.79. The lowest BCUT2D eigenvalue weighted by molar-refractivity contribution is 0.0730. The van der Waals surface area contributed by atoms with Crippen LogP contribution < -0.4 is 4.74 Å². The Hall–Kier alpha value is -2.44. The zero-order chi connectivity index (χ0) is 24.9. The molecule has 184 valence electrons. The number of hydrogen-bond donors (Lipinski definition) is 1. The summed E-state index contributed by atoms with van der Waals surface area (Å²) in [5.41, 5.74) is 1.66. The van der Waals surface area contributed by atoms with Crippen LogP contribution in [0.1, 0.15) is 39.0 Å². The normalized spacial score (nSPS) is 21.1. The van der Waals surface area contributed by atoms with Gasteiger partial charge in [0.15, 0.2) is 0 Å². The van der Waals surface area contributed by atoms with Crippen molar-refractivity contribution in [3.63, 3.8) is 0 Å². The first-order valence-corrected chi connectivity index (χ1v) is 13.1. The Labute approximate surface area is 203 Å².